The van der Waals surface area contributed by atoms with Crippen LogP contribution in [0.25, 0.3) is 10.8 Å². The molecule has 1 saturated heterocycles. The van der Waals surface area contributed by atoms with Gasteiger partial charge in [-0.1, -0.05) is 36.4 Å². The highest BCUT2D eigenvalue weighted by atomic mass is 35.5. The lowest BCUT2D eigenvalue weighted by Crippen LogP contribution is -2.35. The van der Waals surface area contributed by atoms with E-state index in [2.05, 4.69) is 53.1 Å². The van der Waals surface area contributed by atoms with Crippen LogP contribution in [0.3, 0.4) is 0 Å². The van der Waals surface area contributed by atoms with Crippen LogP contribution in [0.15, 0.2) is 42.5 Å². The minimum atomic E-state index is 0. The molecular formula is C15H19ClN2. The third kappa shape index (κ3) is 2.77. The van der Waals surface area contributed by atoms with Gasteiger partial charge in [0.15, 0.2) is 0 Å². The van der Waals surface area contributed by atoms with Crippen LogP contribution < -0.4 is 10.6 Å². The molecule has 1 aliphatic rings. The molecule has 3 heteroatoms. The molecule has 0 unspecified atom stereocenters. The Kier molecular flexibility index (Phi) is 4.45. The Hall–Kier alpha value is -1.25. The van der Waals surface area contributed by atoms with Crippen LogP contribution in [0.2, 0.25) is 0 Å². The van der Waals surface area contributed by atoms with Crippen molar-refractivity contribution in [1.29, 1.82) is 0 Å². The molecule has 2 N–H and O–H groups in total. The molecule has 0 aliphatic carbocycles. The van der Waals surface area contributed by atoms with Crippen LogP contribution in [0.4, 0.5) is 5.69 Å². The molecule has 1 aliphatic heterocycles. The van der Waals surface area contributed by atoms with Crippen molar-refractivity contribution in [2.45, 2.75) is 18.9 Å². The molecule has 0 amide bonds. The van der Waals surface area contributed by atoms with Crippen LogP contribution in [0.5, 0.6) is 0 Å². The Labute approximate surface area is 114 Å². The first-order valence-corrected chi connectivity index (χ1v) is 6.38. The van der Waals surface area contributed by atoms with E-state index >= 15 is 0 Å². The second-order valence-corrected chi connectivity index (χ2v) is 4.70. The molecule has 1 heterocycles. The monoisotopic (exact) mass is 262 g/mol. The van der Waals surface area contributed by atoms with E-state index in [-0.39, 0.29) is 12.4 Å². The topological polar surface area (TPSA) is 24.1 Å². The van der Waals surface area contributed by atoms with Gasteiger partial charge in [-0.2, -0.15) is 0 Å². The van der Waals surface area contributed by atoms with Gasteiger partial charge in [-0.15, -0.1) is 12.4 Å². The van der Waals surface area contributed by atoms with Gasteiger partial charge in [-0.05, 0) is 37.4 Å². The summed E-state index contributed by atoms with van der Waals surface area (Å²) >= 11 is 0. The molecule has 0 aromatic heterocycles. The van der Waals surface area contributed by atoms with Crippen molar-refractivity contribution < 1.29 is 0 Å². The Balaban J connectivity index is 0.00000120. The summed E-state index contributed by atoms with van der Waals surface area (Å²) in [5, 5.41) is 9.72. The summed E-state index contributed by atoms with van der Waals surface area (Å²) in [7, 11) is 0. The first kappa shape index (κ1) is 13.2. The fraction of sp³-hybridized carbons (Fsp3) is 0.333. The Morgan fingerprint density at radius 3 is 2.50 bits per heavy atom. The summed E-state index contributed by atoms with van der Waals surface area (Å²) in [6.07, 6.45) is 2.42. The average Bonchev–Trinajstić information content (AvgIpc) is 2.40. The van der Waals surface area contributed by atoms with Crippen molar-refractivity contribution in [3.8, 4) is 0 Å². The molecule has 0 saturated carbocycles. The van der Waals surface area contributed by atoms with Gasteiger partial charge in [0.1, 0.15) is 0 Å². The van der Waals surface area contributed by atoms with Crippen LogP contribution in [0, 0.1) is 0 Å². The highest BCUT2D eigenvalue weighted by Gasteiger charge is 2.13. The van der Waals surface area contributed by atoms with Gasteiger partial charge in [0.2, 0.25) is 0 Å². The zero-order chi connectivity index (χ0) is 11.5. The lowest BCUT2D eigenvalue weighted by atomic mass is 10.0. The van der Waals surface area contributed by atoms with Gasteiger partial charge < -0.3 is 10.6 Å². The quantitative estimate of drug-likeness (QED) is 0.867. The van der Waals surface area contributed by atoms with Crippen LogP contribution in [-0.4, -0.2) is 19.1 Å². The highest BCUT2D eigenvalue weighted by molar-refractivity contribution is 5.93. The third-order valence-electron chi connectivity index (χ3n) is 3.49. The highest BCUT2D eigenvalue weighted by Crippen LogP contribution is 2.24. The van der Waals surface area contributed by atoms with E-state index in [9.17, 15) is 0 Å². The van der Waals surface area contributed by atoms with Gasteiger partial charge in [0.05, 0.1) is 0 Å². The minimum absolute atomic E-state index is 0. The fourth-order valence-electron chi connectivity index (χ4n) is 2.54. The number of fused-ring (bicyclic) bond motifs is 1. The molecule has 0 spiro atoms. The smallest absolute Gasteiger partial charge is 0.0422 e. The summed E-state index contributed by atoms with van der Waals surface area (Å²) in [4.78, 5) is 0. The molecule has 3 rings (SSSR count). The number of anilines is 1. The van der Waals surface area contributed by atoms with E-state index in [1.165, 1.54) is 29.3 Å². The molecule has 2 nitrogen and oxygen atoms in total. The number of piperidine rings is 1. The van der Waals surface area contributed by atoms with E-state index in [4.69, 9.17) is 0 Å². The summed E-state index contributed by atoms with van der Waals surface area (Å²) < 4.78 is 0. The summed E-state index contributed by atoms with van der Waals surface area (Å²) in [5.41, 5.74) is 1.27. The van der Waals surface area contributed by atoms with Gasteiger partial charge in [-0.3, -0.25) is 0 Å². The Bertz CT molecular complexity index is 501. The average molecular weight is 263 g/mol. The van der Waals surface area contributed by atoms with Crippen molar-refractivity contribution in [2.75, 3.05) is 18.4 Å². The van der Waals surface area contributed by atoms with E-state index in [0.29, 0.717) is 6.04 Å². The molecule has 0 radical (unpaired) electrons. The van der Waals surface area contributed by atoms with Gasteiger partial charge in [0, 0.05) is 17.1 Å². The standard InChI is InChI=1S/C15H18N2.ClH/c1-2-6-14-12(4-1)5-3-7-15(14)17-13-8-10-16-11-9-13;/h1-7,13,16-17H,8-11H2;1H. The first-order chi connectivity index (χ1) is 8.43. The maximum atomic E-state index is 3.68. The second-order valence-electron chi connectivity index (χ2n) is 4.70. The van der Waals surface area contributed by atoms with Gasteiger partial charge in [0.25, 0.3) is 0 Å². The van der Waals surface area contributed by atoms with Crippen molar-refractivity contribution in [3.05, 3.63) is 42.5 Å². The molecular weight excluding hydrogens is 244 g/mol. The normalized spacial score (nSPS) is 16.2. The summed E-state index contributed by atoms with van der Waals surface area (Å²) in [6, 6.07) is 15.7. The number of halogens is 1. The lowest BCUT2D eigenvalue weighted by Gasteiger charge is -2.25. The van der Waals surface area contributed by atoms with E-state index in [1.54, 1.807) is 0 Å². The van der Waals surface area contributed by atoms with Gasteiger partial charge >= 0.3 is 0 Å². The van der Waals surface area contributed by atoms with Crippen molar-refractivity contribution in [1.82, 2.24) is 5.32 Å². The molecule has 96 valence electrons. The van der Waals surface area contributed by atoms with Gasteiger partial charge in [-0.25, -0.2) is 0 Å². The zero-order valence-electron chi connectivity index (χ0n) is 10.4. The van der Waals surface area contributed by atoms with E-state index in [0.717, 1.165) is 13.1 Å². The molecule has 0 atom stereocenters. The summed E-state index contributed by atoms with van der Waals surface area (Å²) in [5.74, 6) is 0. The predicted molar refractivity (Wildman–Crippen MR) is 80.7 cm³/mol. The van der Waals surface area contributed by atoms with Crippen LogP contribution in [0.1, 0.15) is 12.8 Å². The Morgan fingerprint density at radius 2 is 1.67 bits per heavy atom. The molecule has 0 bridgehead atoms. The SMILES string of the molecule is Cl.c1ccc2c(NC3CCNCC3)cccc2c1. The molecule has 2 aromatic carbocycles. The lowest BCUT2D eigenvalue weighted by molar-refractivity contribution is 0.479. The second kappa shape index (κ2) is 6.07. The maximum absolute atomic E-state index is 3.68. The number of hydrogen-bond acceptors (Lipinski definition) is 2. The molecule has 2 aromatic rings. The number of benzene rings is 2. The first-order valence-electron chi connectivity index (χ1n) is 6.38. The van der Waals surface area contributed by atoms with E-state index in [1.807, 2.05) is 0 Å². The number of hydrogen-bond donors (Lipinski definition) is 2. The molecule has 18 heavy (non-hydrogen) atoms. The van der Waals surface area contributed by atoms with Crippen molar-refractivity contribution >= 4 is 28.9 Å². The zero-order valence-corrected chi connectivity index (χ0v) is 11.2. The fourth-order valence-corrected chi connectivity index (χ4v) is 2.54. The minimum Gasteiger partial charge on any atom is -0.382 e. The van der Waals surface area contributed by atoms with Crippen molar-refractivity contribution in [3.63, 3.8) is 0 Å². The van der Waals surface area contributed by atoms with Crippen molar-refractivity contribution in [2.24, 2.45) is 0 Å². The Morgan fingerprint density at radius 1 is 0.944 bits per heavy atom. The summed E-state index contributed by atoms with van der Waals surface area (Å²) in [6.45, 7) is 2.25. The predicted octanol–water partition coefficient (Wildman–Crippen LogP) is 3.43. The van der Waals surface area contributed by atoms with Crippen LogP contribution >= 0.6 is 12.4 Å². The molecule has 1 fully saturated rings. The maximum Gasteiger partial charge on any atom is 0.0422 e. The number of rotatable bonds is 2. The third-order valence-corrected chi connectivity index (χ3v) is 3.49. The van der Waals surface area contributed by atoms with Crippen LogP contribution in [-0.2, 0) is 0 Å². The largest absolute Gasteiger partial charge is 0.382 e. The number of nitrogens with one attached hydrogen (secondary N) is 2. The van der Waals surface area contributed by atoms with E-state index < -0.39 is 0 Å².